The summed E-state index contributed by atoms with van der Waals surface area (Å²) in [6.07, 6.45) is -8.88. The Morgan fingerprint density at radius 3 is 2.39 bits per heavy atom. The molecule has 0 saturated carbocycles. The van der Waals surface area contributed by atoms with Crippen molar-refractivity contribution in [2.24, 2.45) is 5.41 Å². The Morgan fingerprint density at radius 1 is 1.01 bits per heavy atom. The monoisotopic (exact) mass is 1050 g/mol. The molecule has 0 aliphatic carbocycles. The van der Waals surface area contributed by atoms with Gasteiger partial charge in [0.1, 0.15) is 53.5 Å². The van der Waals surface area contributed by atoms with Crippen LogP contribution >= 0.6 is 35.2 Å². The number of nitrogens with two attached hydrogens (primary N) is 1. The summed E-state index contributed by atoms with van der Waals surface area (Å²) < 4.78 is 60.7. The number of ketones is 2. The molecule has 0 radical (unpaired) electrons. The van der Waals surface area contributed by atoms with Crippen molar-refractivity contribution in [1.29, 1.82) is 0 Å². The number of amides is 2. The number of aromatic hydroxyl groups is 2. The first-order chi connectivity index (χ1) is 32.1. The number of nitrogens with one attached hydrogen (secondary N) is 2. The van der Waals surface area contributed by atoms with Gasteiger partial charge in [0.15, 0.2) is 28.6 Å². The van der Waals surface area contributed by atoms with Crippen LogP contribution in [-0.4, -0.2) is 125 Å². The number of aliphatic hydroxyl groups excluding tert-OH is 2. The highest BCUT2D eigenvalue weighted by Gasteiger charge is 2.47. The van der Waals surface area contributed by atoms with Gasteiger partial charge in [-0.15, -0.1) is 0 Å². The van der Waals surface area contributed by atoms with Gasteiger partial charge < -0.3 is 79.2 Å². The van der Waals surface area contributed by atoms with Crippen molar-refractivity contribution in [2.75, 3.05) is 37.8 Å². The zero-order chi connectivity index (χ0) is 51.2. The molecule has 0 spiro atoms. The number of aliphatic hydroxyl groups is 2. The average molecular weight is 1050 g/mol. The van der Waals surface area contributed by atoms with E-state index in [9.17, 15) is 77.7 Å². The molecule has 1 aliphatic rings. The maximum absolute atomic E-state index is 13.1. The molecule has 1 aliphatic heterocycles. The average Bonchev–Trinajstić information content (AvgIpc) is 3.80. The minimum Gasteiger partial charge on any atom is -0.790 e. The summed E-state index contributed by atoms with van der Waals surface area (Å²) in [5.41, 5.74) is 3.85. The number of thioether (sulfide) groups is 1. The highest BCUT2D eigenvalue weighted by molar-refractivity contribution is 8.13. The Hall–Kier alpha value is -4.80. The molecule has 1 saturated heterocycles. The number of hydrogen-bond donors (Lipinski definition) is 7. The SMILES string of the molecule is CC(=O)Cc1cc2cccc(O)c2c(O)c1C(=O)CC(=O)SCCNC(=O)CCNC(=O)[C@@H](O)C(C)(C)COP(=O)([O-])OP(=O)([O-])OC[C@H]1O[C@@H](n2cnc3c(N)ncnc32)[C@H](O)[C@@H]1OP(=O)([O-])[O-]. The lowest BCUT2D eigenvalue weighted by Crippen LogP contribution is -2.46. The summed E-state index contributed by atoms with van der Waals surface area (Å²) in [7, 11) is -17.8. The van der Waals surface area contributed by atoms with Gasteiger partial charge in [-0.3, -0.25) is 37.7 Å². The van der Waals surface area contributed by atoms with Crippen molar-refractivity contribution in [2.45, 2.75) is 70.7 Å². The third kappa shape index (κ3) is 14.6. The van der Waals surface area contributed by atoms with Crippen LogP contribution in [0.4, 0.5) is 5.82 Å². The summed E-state index contributed by atoms with van der Waals surface area (Å²) in [5, 5.41) is 47.1. The predicted octanol–water partition coefficient (Wildman–Crippen LogP) is -1.89. The summed E-state index contributed by atoms with van der Waals surface area (Å²) in [5.74, 6) is -3.79. The molecule has 0 bridgehead atoms. The second-order valence-electron chi connectivity index (χ2n) is 15.8. The number of hydrogen-bond acceptors (Lipinski definition) is 26. The van der Waals surface area contributed by atoms with Crippen molar-refractivity contribution >= 4 is 91.5 Å². The number of phosphoric acid groups is 3. The van der Waals surface area contributed by atoms with E-state index in [2.05, 4.69) is 43.5 Å². The van der Waals surface area contributed by atoms with Crippen LogP contribution in [0.15, 0.2) is 36.9 Å². The number of aromatic nitrogens is 4. The van der Waals surface area contributed by atoms with E-state index in [-0.39, 0.29) is 76.7 Å². The van der Waals surface area contributed by atoms with Crippen molar-refractivity contribution in [3.05, 3.63) is 48.0 Å². The number of carbonyl (C=O) groups is 5. The minimum atomic E-state index is -5.97. The molecule has 2 amide bonds. The normalized spacial score (nSPS) is 19.7. The highest BCUT2D eigenvalue weighted by atomic mass is 32.2. The third-order valence-corrected chi connectivity index (χ3v) is 13.8. The zero-order valence-electron chi connectivity index (χ0n) is 36.4. The van der Waals surface area contributed by atoms with Crippen LogP contribution in [0, 0.1) is 5.41 Å². The summed E-state index contributed by atoms with van der Waals surface area (Å²) in [6, 6.07) is 5.86. The lowest BCUT2D eigenvalue weighted by molar-refractivity contribution is -0.347. The van der Waals surface area contributed by atoms with E-state index in [4.69, 9.17) is 10.5 Å². The van der Waals surface area contributed by atoms with Crippen LogP contribution in [0.25, 0.3) is 21.9 Å². The fraction of sp³-hybridized carbons (Fsp3) is 0.459. The van der Waals surface area contributed by atoms with Gasteiger partial charge in [0.25, 0.3) is 15.6 Å². The number of carbonyl (C=O) groups excluding carboxylic acids is 5. The number of nitrogens with zero attached hydrogens (tertiary/aromatic N) is 4. The van der Waals surface area contributed by atoms with Gasteiger partial charge in [0.2, 0.25) is 11.8 Å². The standard InChI is InChI=1S/C37H48N7O21P3S/c1-18(45)11-20-12-19-5-4-6-21(46)26(19)29(50)27(20)22(47)13-25(49)69-10-9-39-24(48)7-8-40-35(53)32(52)37(2,3)15-62-68(59,60)65-67(57,58)61-14-23-31(64-66(54,55)56)30(51)36(63-23)44-17-43-28-33(38)41-16-42-34(28)44/h4-6,12,16-17,23,30-32,36,46,50-52H,7-11,13-15H2,1-3H3,(H,39,48)(H,40,53)(H,57,58)(H,59,60)(H2,38,41,42)(H2,54,55,56)/p-4/t23-,30-,31-,32-,36-/m1/s1. The van der Waals surface area contributed by atoms with E-state index in [1.54, 1.807) is 6.07 Å². The molecule has 1 fully saturated rings. The predicted molar refractivity (Wildman–Crippen MR) is 229 cm³/mol. The topological polar surface area (TPSA) is 450 Å². The second kappa shape index (κ2) is 22.5. The number of ether oxygens (including phenoxy) is 1. The fourth-order valence-corrected chi connectivity index (χ4v) is 10.1. The maximum Gasteiger partial charge on any atom is 0.274 e. The van der Waals surface area contributed by atoms with E-state index in [1.807, 2.05) is 0 Å². The van der Waals surface area contributed by atoms with Crippen molar-refractivity contribution < 1.29 is 100 Å². The van der Waals surface area contributed by atoms with Crippen molar-refractivity contribution in [3.63, 3.8) is 0 Å². The molecule has 5 rings (SSSR count). The Labute approximate surface area is 394 Å². The Bertz CT molecular complexity index is 2760. The number of phenolic OH excluding ortho intramolecular Hbond substituents is 2. The number of imidazole rings is 1. The van der Waals surface area contributed by atoms with Crippen LogP contribution in [0.3, 0.4) is 0 Å². The van der Waals surface area contributed by atoms with Gasteiger partial charge in [-0.1, -0.05) is 37.7 Å². The minimum absolute atomic E-state index is 0.00503. The van der Waals surface area contributed by atoms with Gasteiger partial charge >= 0.3 is 0 Å². The first-order valence-corrected chi connectivity index (χ1v) is 25.4. The van der Waals surface area contributed by atoms with Crippen LogP contribution in [0.2, 0.25) is 0 Å². The molecule has 2 unspecified atom stereocenters. The number of benzene rings is 2. The highest BCUT2D eigenvalue weighted by Crippen LogP contribution is 2.56. The molecule has 28 nitrogen and oxygen atoms in total. The Morgan fingerprint density at radius 2 is 1.71 bits per heavy atom. The van der Waals surface area contributed by atoms with Gasteiger partial charge in [0, 0.05) is 37.1 Å². The van der Waals surface area contributed by atoms with Crippen LogP contribution < -0.4 is 35.9 Å². The van der Waals surface area contributed by atoms with E-state index in [0.717, 1.165) is 31.1 Å². The van der Waals surface area contributed by atoms with Crippen LogP contribution in [-0.2, 0) is 61.9 Å². The molecule has 2 aromatic carbocycles. The summed E-state index contributed by atoms with van der Waals surface area (Å²) >= 11 is 0.695. The molecule has 7 atom stereocenters. The number of anilines is 1. The maximum atomic E-state index is 13.1. The van der Waals surface area contributed by atoms with Gasteiger partial charge in [-0.2, -0.15) is 0 Å². The van der Waals surface area contributed by atoms with E-state index in [1.165, 1.54) is 25.1 Å². The first-order valence-electron chi connectivity index (χ1n) is 20.1. The van der Waals surface area contributed by atoms with Gasteiger partial charge in [-0.25, -0.2) is 19.3 Å². The summed E-state index contributed by atoms with van der Waals surface area (Å²) in [6.45, 7) is 0.808. The van der Waals surface area contributed by atoms with E-state index >= 15 is 0 Å². The first kappa shape index (κ1) is 55.1. The van der Waals surface area contributed by atoms with Crippen LogP contribution in [0.1, 0.15) is 55.8 Å². The number of nitrogen functional groups attached to an aromatic ring is 1. The zero-order valence-corrected chi connectivity index (χ0v) is 39.9. The van der Waals surface area contributed by atoms with E-state index in [0.29, 0.717) is 17.1 Å². The van der Waals surface area contributed by atoms with Crippen molar-refractivity contribution in [3.8, 4) is 11.5 Å². The molecule has 32 heteroatoms. The molecule has 3 heterocycles. The lowest BCUT2D eigenvalue weighted by Gasteiger charge is -2.36. The number of phenols is 2. The number of fused-ring (bicyclic) bond motifs is 2. The molecular formula is C37H44N7O21P3S-4. The molecule has 8 N–H and O–H groups in total. The van der Waals surface area contributed by atoms with Crippen LogP contribution in [0.5, 0.6) is 11.5 Å². The smallest absolute Gasteiger partial charge is 0.274 e. The molecule has 2 aromatic heterocycles. The number of Topliss-reactive ketones (excluding diaryl/α,β-unsaturated/α-hetero) is 2. The van der Waals surface area contributed by atoms with Crippen molar-refractivity contribution in [1.82, 2.24) is 30.2 Å². The van der Waals surface area contributed by atoms with E-state index < -0.39 is 108 Å². The van der Waals surface area contributed by atoms with Gasteiger partial charge in [-0.05, 0) is 30.0 Å². The Balaban J connectivity index is 1.03. The largest absolute Gasteiger partial charge is 0.790 e. The fourth-order valence-electron chi connectivity index (χ4n) is 6.73. The third-order valence-electron chi connectivity index (χ3n) is 9.96. The molecular weight excluding hydrogens is 1000 g/mol. The molecule has 378 valence electrons. The molecule has 69 heavy (non-hydrogen) atoms. The lowest BCUT2D eigenvalue weighted by atomic mass is 9.87. The second-order valence-corrected chi connectivity index (χ2v) is 21.0. The Kier molecular flexibility index (Phi) is 18.0. The number of rotatable bonds is 24. The quantitative estimate of drug-likeness (QED) is 0.0174. The molecule has 4 aromatic rings. The number of phosphoric ester groups is 3. The summed E-state index contributed by atoms with van der Waals surface area (Å²) in [4.78, 5) is 122. The van der Waals surface area contributed by atoms with Gasteiger partial charge in [0.05, 0.1) is 44.7 Å².